The van der Waals surface area contributed by atoms with Crippen LogP contribution in [0.2, 0.25) is 0 Å². The predicted octanol–water partition coefficient (Wildman–Crippen LogP) is 1.95. The number of nitrogens with zero attached hydrogens (tertiary/aromatic N) is 2. The third kappa shape index (κ3) is 5.43. The summed E-state index contributed by atoms with van der Waals surface area (Å²) in [7, 11) is 0. The molecule has 0 aromatic heterocycles. The number of ether oxygens (including phenoxy) is 2. The van der Waals surface area contributed by atoms with Crippen molar-refractivity contribution in [2.24, 2.45) is 10.7 Å². The van der Waals surface area contributed by atoms with Gasteiger partial charge in [-0.05, 0) is 19.8 Å². The molecule has 0 radical (unpaired) electrons. The van der Waals surface area contributed by atoms with Gasteiger partial charge in [0.1, 0.15) is 0 Å². The van der Waals surface area contributed by atoms with Gasteiger partial charge in [-0.3, -0.25) is 4.99 Å². The minimum absolute atomic E-state index is 0. The molecule has 5 nitrogen and oxygen atoms in total. The summed E-state index contributed by atoms with van der Waals surface area (Å²) in [4.78, 5) is 6.66. The van der Waals surface area contributed by atoms with Gasteiger partial charge in [0.15, 0.2) is 11.7 Å². The number of likely N-dealkylation sites (tertiary alicyclic amines) is 1. The highest BCUT2D eigenvalue weighted by Crippen LogP contribution is 2.22. The first-order valence-corrected chi connectivity index (χ1v) is 7.02. The van der Waals surface area contributed by atoms with Gasteiger partial charge in [-0.2, -0.15) is 0 Å². The molecular formula is C13H26IN3O2. The fourth-order valence-electron chi connectivity index (χ4n) is 2.47. The standard InChI is InChI=1S/C13H25N3O2.HI/c1-13(17-10-11-18-13)6-7-15-12(14)16-8-4-2-3-5-9-16;/h2-11H2,1H3,(H2,14,15);1H. The lowest BCUT2D eigenvalue weighted by Crippen LogP contribution is -2.38. The SMILES string of the molecule is CC1(CCN=C(N)N2CCCCCC2)OCCO1.I. The van der Waals surface area contributed by atoms with Gasteiger partial charge in [0.05, 0.1) is 13.2 Å². The Morgan fingerprint density at radius 3 is 2.32 bits per heavy atom. The normalized spacial score (nSPS) is 23.8. The van der Waals surface area contributed by atoms with Crippen LogP contribution in [0.5, 0.6) is 0 Å². The molecule has 2 heterocycles. The lowest BCUT2D eigenvalue weighted by molar-refractivity contribution is -0.144. The Morgan fingerprint density at radius 1 is 1.16 bits per heavy atom. The van der Waals surface area contributed by atoms with Crippen LogP contribution in [-0.2, 0) is 9.47 Å². The van der Waals surface area contributed by atoms with E-state index in [-0.39, 0.29) is 24.0 Å². The van der Waals surface area contributed by atoms with E-state index in [2.05, 4.69) is 9.89 Å². The number of hydrogen-bond acceptors (Lipinski definition) is 3. The van der Waals surface area contributed by atoms with Crippen LogP contribution in [0.3, 0.4) is 0 Å². The lowest BCUT2D eigenvalue weighted by atomic mass is 10.2. The lowest BCUT2D eigenvalue weighted by Gasteiger charge is -2.23. The Bertz CT molecular complexity index is 286. The molecule has 0 aromatic carbocycles. The summed E-state index contributed by atoms with van der Waals surface area (Å²) in [5.41, 5.74) is 6.04. The molecule has 0 aliphatic carbocycles. The molecule has 112 valence electrons. The van der Waals surface area contributed by atoms with Crippen molar-refractivity contribution in [2.75, 3.05) is 32.8 Å². The fraction of sp³-hybridized carbons (Fsp3) is 0.923. The van der Waals surface area contributed by atoms with E-state index in [0.717, 1.165) is 19.5 Å². The molecule has 2 saturated heterocycles. The average molecular weight is 383 g/mol. The number of hydrogen-bond donors (Lipinski definition) is 1. The Morgan fingerprint density at radius 2 is 1.74 bits per heavy atom. The maximum atomic E-state index is 6.04. The van der Waals surface area contributed by atoms with E-state index in [1.165, 1.54) is 25.7 Å². The van der Waals surface area contributed by atoms with Crippen LogP contribution in [0.4, 0.5) is 0 Å². The van der Waals surface area contributed by atoms with Crippen LogP contribution in [0.15, 0.2) is 4.99 Å². The highest BCUT2D eigenvalue weighted by Gasteiger charge is 2.30. The number of rotatable bonds is 3. The van der Waals surface area contributed by atoms with E-state index in [4.69, 9.17) is 15.2 Å². The quantitative estimate of drug-likeness (QED) is 0.460. The molecule has 0 aromatic rings. The van der Waals surface area contributed by atoms with Crippen LogP contribution >= 0.6 is 24.0 Å². The Balaban J connectivity index is 0.00000180. The molecule has 0 atom stereocenters. The average Bonchev–Trinajstić information content (AvgIpc) is 2.64. The monoisotopic (exact) mass is 383 g/mol. The molecule has 0 unspecified atom stereocenters. The zero-order chi connectivity index (χ0) is 12.8. The van der Waals surface area contributed by atoms with E-state index in [1.807, 2.05) is 6.92 Å². The molecule has 0 bridgehead atoms. The van der Waals surface area contributed by atoms with Crippen molar-refractivity contribution in [3.63, 3.8) is 0 Å². The Kier molecular flexibility index (Phi) is 7.38. The molecule has 2 rings (SSSR count). The van der Waals surface area contributed by atoms with Crippen LogP contribution in [-0.4, -0.2) is 49.5 Å². The van der Waals surface area contributed by atoms with Crippen molar-refractivity contribution in [2.45, 2.75) is 44.8 Å². The van der Waals surface area contributed by atoms with Crippen LogP contribution in [0.1, 0.15) is 39.0 Å². The third-order valence-electron chi connectivity index (χ3n) is 3.67. The minimum Gasteiger partial charge on any atom is -0.370 e. The molecule has 0 spiro atoms. The van der Waals surface area contributed by atoms with E-state index < -0.39 is 5.79 Å². The van der Waals surface area contributed by atoms with Crippen LogP contribution < -0.4 is 5.73 Å². The van der Waals surface area contributed by atoms with Gasteiger partial charge in [0.2, 0.25) is 0 Å². The Hall–Kier alpha value is -0.0800. The van der Waals surface area contributed by atoms with E-state index >= 15 is 0 Å². The molecule has 2 N–H and O–H groups in total. The molecule has 0 amide bonds. The zero-order valence-electron chi connectivity index (χ0n) is 11.8. The van der Waals surface area contributed by atoms with Crippen LogP contribution in [0, 0.1) is 0 Å². The van der Waals surface area contributed by atoms with Gasteiger partial charge in [0, 0.05) is 26.1 Å². The van der Waals surface area contributed by atoms with Crippen molar-refractivity contribution in [1.29, 1.82) is 0 Å². The van der Waals surface area contributed by atoms with Gasteiger partial charge < -0.3 is 20.1 Å². The first-order chi connectivity index (χ1) is 8.70. The van der Waals surface area contributed by atoms with Crippen LogP contribution in [0.25, 0.3) is 0 Å². The van der Waals surface area contributed by atoms with Crippen molar-refractivity contribution in [3.05, 3.63) is 0 Å². The topological polar surface area (TPSA) is 60.1 Å². The molecule has 6 heteroatoms. The van der Waals surface area contributed by atoms with Gasteiger partial charge >= 0.3 is 0 Å². The van der Waals surface area contributed by atoms with Gasteiger partial charge in [-0.15, -0.1) is 24.0 Å². The van der Waals surface area contributed by atoms with Gasteiger partial charge in [-0.1, -0.05) is 12.8 Å². The highest BCUT2D eigenvalue weighted by atomic mass is 127. The van der Waals surface area contributed by atoms with Crippen molar-refractivity contribution in [1.82, 2.24) is 4.90 Å². The maximum absolute atomic E-state index is 6.04. The number of aliphatic imine (C=N–C) groups is 1. The summed E-state index contributed by atoms with van der Waals surface area (Å²) in [6.45, 7) is 6.08. The second-order valence-corrected chi connectivity index (χ2v) is 5.22. The summed E-state index contributed by atoms with van der Waals surface area (Å²) >= 11 is 0. The molecular weight excluding hydrogens is 357 g/mol. The summed E-state index contributed by atoms with van der Waals surface area (Å²) < 4.78 is 11.1. The molecule has 2 aliphatic rings. The first-order valence-electron chi connectivity index (χ1n) is 7.02. The first kappa shape index (κ1) is 17.0. The summed E-state index contributed by atoms with van der Waals surface area (Å²) in [6, 6.07) is 0. The zero-order valence-corrected chi connectivity index (χ0v) is 14.1. The second kappa shape index (κ2) is 8.26. The summed E-state index contributed by atoms with van der Waals surface area (Å²) in [5.74, 6) is 0.223. The largest absolute Gasteiger partial charge is 0.370 e. The molecule has 2 aliphatic heterocycles. The molecule has 19 heavy (non-hydrogen) atoms. The van der Waals surface area contributed by atoms with Gasteiger partial charge in [-0.25, -0.2) is 0 Å². The smallest absolute Gasteiger partial charge is 0.191 e. The number of guanidine groups is 1. The van der Waals surface area contributed by atoms with E-state index in [0.29, 0.717) is 25.7 Å². The van der Waals surface area contributed by atoms with Crippen molar-refractivity contribution < 1.29 is 9.47 Å². The molecule has 2 fully saturated rings. The maximum Gasteiger partial charge on any atom is 0.191 e. The fourth-order valence-corrected chi connectivity index (χ4v) is 2.47. The third-order valence-corrected chi connectivity index (χ3v) is 3.67. The summed E-state index contributed by atoms with van der Waals surface area (Å²) in [6.07, 6.45) is 5.83. The van der Waals surface area contributed by atoms with E-state index in [9.17, 15) is 0 Å². The Labute approximate surface area is 132 Å². The highest BCUT2D eigenvalue weighted by molar-refractivity contribution is 14.0. The predicted molar refractivity (Wildman–Crippen MR) is 86.9 cm³/mol. The molecule has 0 saturated carbocycles. The van der Waals surface area contributed by atoms with E-state index in [1.54, 1.807) is 0 Å². The minimum atomic E-state index is -0.456. The van der Waals surface area contributed by atoms with Crippen molar-refractivity contribution in [3.8, 4) is 0 Å². The number of halogens is 1. The number of nitrogens with two attached hydrogens (primary N) is 1. The van der Waals surface area contributed by atoms with Gasteiger partial charge in [0.25, 0.3) is 0 Å². The summed E-state index contributed by atoms with van der Waals surface area (Å²) in [5, 5.41) is 0. The van der Waals surface area contributed by atoms with Crippen molar-refractivity contribution >= 4 is 29.9 Å². The second-order valence-electron chi connectivity index (χ2n) is 5.22.